The lowest BCUT2D eigenvalue weighted by molar-refractivity contribution is -0.124. The molecule has 0 radical (unpaired) electrons. The molecule has 2 N–H and O–H groups in total. The Morgan fingerprint density at radius 3 is 2.33 bits per heavy atom. The van der Waals surface area contributed by atoms with Crippen LogP contribution in [0, 0.1) is 0 Å². The van der Waals surface area contributed by atoms with E-state index in [9.17, 15) is 9.59 Å². The Morgan fingerprint density at radius 1 is 1.04 bits per heavy atom. The van der Waals surface area contributed by atoms with Crippen molar-refractivity contribution >= 4 is 35.3 Å². The summed E-state index contributed by atoms with van der Waals surface area (Å²) in [6, 6.07) is 14.8. The monoisotopic (exact) mass is 385 g/mol. The third-order valence-corrected chi connectivity index (χ3v) is 4.10. The number of anilines is 1. The summed E-state index contributed by atoms with van der Waals surface area (Å²) in [6.07, 6.45) is 1.69. The summed E-state index contributed by atoms with van der Waals surface area (Å²) in [5, 5.41) is 7.17. The molecule has 0 aliphatic rings. The molecule has 2 aromatic carbocycles. The Balaban J connectivity index is 1.75. The van der Waals surface area contributed by atoms with Crippen LogP contribution in [-0.2, 0) is 15.0 Å². The number of rotatable bonds is 6. The van der Waals surface area contributed by atoms with Crippen molar-refractivity contribution in [2.45, 2.75) is 39.0 Å². The van der Waals surface area contributed by atoms with Gasteiger partial charge in [0.15, 0.2) is 0 Å². The van der Waals surface area contributed by atoms with Crippen LogP contribution in [0.5, 0.6) is 0 Å². The molecule has 0 unspecified atom stereocenters. The number of hydrazone groups is 1. The number of amides is 2. The van der Waals surface area contributed by atoms with Crippen molar-refractivity contribution in [3.05, 3.63) is 64.7 Å². The van der Waals surface area contributed by atoms with Gasteiger partial charge >= 0.3 is 0 Å². The van der Waals surface area contributed by atoms with Crippen LogP contribution in [0.3, 0.4) is 0 Å². The molecule has 0 spiro atoms. The predicted octanol–water partition coefficient (Wildman–Crippen LogP) is 4.51. The lowest BCUT2D eigenvalue weighted by Crippen LogP contribution is -2.20. The van der Waals surface area contributed by atoms with Crippen LogP contribution < -0.4 is 10.7 Å². The van der Waals surface area contributed by atoms with E-state index < -0.39 is 0 Å². The lowest BCUT2D eigenvalue weighted by atomic mass is 9.87. The van der Waals surface area contributed by atoms with Gasteiger partial charge < -0.3 is 5.32 Å². The smallest absolute Gasteiger partial charge is 0.240 e. The zero-order valence-corrected chi connectivity index (χ0v) is 16.5. The molecular formula is C21H24ClN3O2. The Bertz CT molecular complexity index is 824. The van der Waals surface area contributed by atoms with Crippen LogP contribution in [0.15, 0.2) is 53.6 Å². The molecule has 0 heterocycles. The first kappa shape index (κ1) is 20.6. The van der Waals surface area contributed by atoms with Gasteiger partial charge in [-0.05, 0) is 34.7 Å². The summed E-state index contributed by atoms with van der Waals surface area (Å²) in [6.45, 7) is 6.45. The van der Waals surface area contributed by atoms with Crippen molar-refractivity contribution in [3.63, 3.8) is 0 Å². The number of nitrogens with zero attached hydrogens (tertiary/aromatic N) is 1. The molecule has 2 amide bonds. The largest absolute Gasteiger partial charge is 0.326 e. The van der Waals surface area contributed by atoms with Crippen molar-refractivity contribution in [3.8, 4) is 0 Å². The fourth-order valence-corrected chi connectivity index (χ4v) is 2.51. The highest BCUT2D eigenvalue weighted by molar-refractivity contribution is 6.30. The molecule has 0 aliphatic carbocycles. The minimum atomic E-state index is -0.321. The van der Waals surface area contributed by atoms with Gasteiger partial charge in [0, 0.05) is 23.6 Å². The molecule has 0 bridgehead atoms. The maximum Gasteiger partial charge on any atom is 0.240 e. The summed E-state index contributed by atoms with van der Waals surface area (Å²) in [5.41, 5.74) is 5.25. The van der Waals surface area contributed by atoms with E-state index in [2.05, 4.69) is 36.6 Å². The fourth-order valence-electron chi connectivity index (χ4n) is 2.32. The van der Waals surface area contributed by atoms with E-state index in [-0.39, 0.29) is 30.1 Å². The van der Waals surface area contributed by atoms with Crippen molar-refractivity contribution in [2.75, 3.05) is 5.32 Å². The number of benzene rings is 2. The van der Waals surface area contributed by atoms with Crippen molar-refractivity contribution in [2.24, 2.45) is 5.10 Å². The molecule has 0 aromatic heterocycles. The Labute approximate surface area is 164 Å². The van der Waals surface area contributed by atoms with E-state index in [0.29, 0.717) is 10.7 Å². The van der Waals surface area contributed by atoms with E-state index in [1.54, 1.807) is 30.5 Å². The first-order chi connectivity index (χ1) is 12.7. The molecule has 0 atom stereocenters. The van der Waals surface area contributed by atoms with E-state index in [0.717, 1.165) is 5.56 Å². The molecule has 6 heteroatoms. The van der Waals surface area contributed by atoms with Gasteiger partial charge in [0.05, 0.1) is 6.21 Å². The van der Waals surface area contributed by atoms with Gasteiger partial charge in [0.1, 0.15) is 0 Å². The van der Waals surface area contributed by atoms with Gasteiger partial charge in [-0.15, -0.1) is 0 Å². The standard InChI is InChI=1S/C21H24ClN3O2/c1-21(2,3)16-9-7-15(8-10-16)14-23-25-20(27)12-11-19(26)24-18-6-4-5-17(22)13-18/h4-10,13-14H,11-12H2,1-3H3,(H,24,26)(H,25,27). The molecule has 2 rings (SSSR count). The van der Waals surface area contributed by atoms with E-state index in [1.807, 2.05) is 24.3 Å². The number of carbonyl (C=O) groups excluding carboxylic acids is 2. The Morgan fingerprint density at radius 2 is 1.70 bits per heavy atom. The zero-order chi connectivity index (χ0) is 19.9. The quantitative estimate of drug-likeness (QED) is 0.567. The molecule has 142 valence electrons. The van der Waals surface area contributed by atoms with Crippen LogP contribution in [0.25, 0.3) is 0 Å². The molecule has 5 nitrogen and oxygen atoms in total. The first-order valence-corrected chi connectivity index (χ1v) is 9.10. The van der Waals surface area contributed by atoms with Crippen molar-refractivity contribution in [1.82, 2.24) is 5.43 Å². The van der Waals surface area contributed by atoms with E-state index in [1.165, 1.54) is 5.56 Å². The second-order valence-corrected chi connectivity index (χ2v) is 7.66. The van der Waals surface area contributed by atoms with Crippen LogP contribution >= 0.6 is 11.6 Å². The second-order valence-electron chi connectivity index (χ2n) is 7.22. The topological polar surface area (TPSA) is 70.6 Å². The third-order valence-electron chi connectivity index (χ3n) is 3.87. The lowest BCUT2D eigenvalue weighted by Gasteiger charge is -2.18. The summed E-state index contributed by atoms with van der Waals surface area (Å²) < 4.78 is 0. The highest BCUT2D eigenvalue weighted by Crippen LogP contribution is 2.21. The Kier molecular flexibility index (Phi) is 7.13. The van der Waals surface area contributed by atoms with E-state index in [4.69, 9.17) is 11.6 Å². The van der Waals surface area contributed by atoms with Gasteiger partial charge in [-0.2, -0.15) is 5.10 Å². The van der Waals surface area contributed by atoms with Gasteiger partial charge in [-0.1, -0.05) is 62.7 Å². The van der Waals surface area contributed by atoms with Gasteiger partial charge in [0.2, 0.25) is 11.8 Å². The number of hydrogen-bond donors (Lipinski definition) is 2. The van der Waals surface area contributed by atoms with Crippen LogP contribution in [-0.4, -0.2) is 18.0 Å². The highest BCUT2D eigenvalue weighted by atomic mass is 35.5. The Hall–Kier alpha value is -2.66. The SMILES string of the molecule is CC(C)(C)c1ccc(C=NNC(=O)CCC(=O)Nc2cccc(Cl)c2)cc1. The second kappa shape index (κ2) is 9.33. The molecule has 0 fully saturated rings. The summed E-state index contributed by atoms with van der Waals surface area (Å²) in [7, 11) is 0. The molecule has 0 saturated carbocycles. The van der Waals surface area contributed by atoms with Crippen molar-refractivity contribution < 1.29 is 9.59 Å². The number of hydrogen-bond acceptors (Lipinski definition) is 3. The molecule has 27 heavy (non-hydrogen) atoms. The third kappa shape index (κ3) is 7.23. The van der Waals surface area contributed by atoms with Gasteiger partial charge in [0.25, 0.3) is 0 Å². The van der Waals surface area contributed by atoms with Crippen LogP contribution in [0.1, 0.15) is 44.7 Å². The maximum absolute atomic E-state index is 11.9. The summed E-state index contributed by atoms with van der Waals surface area (Å²) in [4.78, 5) is 23.7. The summed E-state index contributed by atoms with van der Waals surface area (Å²) in [5.74, 6) is -0.576. The number of nitrogens with one attached hydrogen (secondary N) is 2. The van der Waals surface area contributed by atoms with Crippen LogP contribution in [0.2, 0.25) is 5.02 Å². The highest BCUT2D eigenvalue weighted by Gasteiger charge is 2.12. The van der Waals surface area contributed by atoms with Crippen molar-refractivity contribution in [1.29, 1.82) is 0 Å². The normalized spacial score (nSPS) is 11.4. The minimum Gasteiger partial charge on any atom is -0.326 e. The summed E-state index contributed by atoms with van der Waals surface area (Å²) >= 11 is 5.86. The van der Waals surface area contributed by atoms with Crippen LogP contribution in [0.4, 0.5) is 5.69 Å². The fraction of sp³-hybridized carbons (Fsp3) is 0.286. The van der Waals surface area contributed by atoms with Gasteiger partial charge in [-0.3, -0.25) is 9.59 Å². The van der Waals surface area contributed by atoms with E-state index >= 15 is 0 Å². The first-order valence-electron chi connectivity index (χ1n) is 8.72. The molecule has 0 aliphatic heterocycles. The number of halogens is 1. The zero-order valence-electron chi connectivity index (χ0n) is 15.8. The molecule has 0 saturated heterocycles. The average molecular weight is 386 g/mol. The molecular weight excluding hydrogens is 362 g/mol. The average Bonchev–Trinajstić information content (AvgIpc) is 2.60. The maximum atomic E-state index is 11.9. The predicted molar refractivity (Wildman–Crippen MR) is 110 cm³/mol. The number of carbonyl (C=O) groups is 2. The van der Waals surface area contributed by atoms with Gasteiger partial charge in [-0.25, -0.2) is 5.43 Å². The minimum absolute atomic E-state index is 0.0483. The molecule has 2 aromatic rings.